The van der Waals surface area contributed by atoms with Crippen molar-refractivity contribution in [2.45, 2.75) is 38.5 Å². The molecule has 0 saturated heterocycles. The van der Waals surface area contributed by atoms with Gasteiger partial charge in [-0.1, -0.05) is 36.4 Å². The summed E-state index contributed by atoms with van der Waals surface area (Å²) in [4.78, 5) is 27.4. The normalized spacial score (nSPS) is 12.7. The number of carbonyl (C=O) groups is 2. The third-order valence-corrected chi connectivity index (χ3v) is 5.29. The molecule has 7 heteroatoms. The molecule has 2 heterocycles. The van der Waals surface area contributed by atoms with E-state index < -0.39 is 23.7 Å². The Morgan fingerprint density at radius 2 is 1.87 bits per heavy atom. The summed E-state index contributed by atoms with van der Waals surface area (Å²) in [5.74, 6) is -1.11. The summed E-state index contributed by atoms with van der Waals surface area (Å²) >= 11 is 0. The molecule has 1 atom stereocenters. The average Bonchev–Trinajstić information content (AvgIpc) is 3.31. The molecule has 0 spiro atoms. The number of hydrogen-bond donors (Lipinski definition) is 3. The van der Waals surface area contributed by atoms with E-state index in [1.165, 1.54) is 0 Å². The maximum Gasteiger partial charge on any atom is 0.408 e. The van der Waals surface area contributed by atoms with Crippen LogP contribution in [0.25, 0.3) is 21.8 Å². The standard InChI is InChI=1S/C24H25N3O4/c1-24(2,15-27-12-11-16-7-3-6-10-21(16)27)31-23(30)26-20(22(28)29)13-17-14-25-19-9-5-4-8-18(17)19/h3-12,14,20,25H,13,15H2,1-2H3,(H,26,30)(H,28,29)/t20-/m0/s1. The van der Waals surface area contributed by atoms with Crippen LogP contribution in [0.1, 0.15) is 19.4 Å². The molecule has 0 aliphatic carbocycles. The Morgan fingerprint density at radius 3 is 2.68 bits per heavy atom. The summed E-state index contributed by atoms with van der Waals surface area (Å²) in [7, 11) is 0. The molecule has 4 rings (SSSR count). The van der Waals surface area contributed by atoms with Crippen molar-refractivity contribution in [3.05, 3.63) is 72.6 Å². The largest absolute Gasteiger partial charge is 0.480 e. The van der Waals surface area contributed by atoms with Crippen LogP contribution in [0, 0.1) is 0 Å². The Kier molecular flexibility index (Phi) is 5.42. The van der Waals surface area contributed by atoms with E-state index in [9.17, 15) is 14.7 Å². The lowest BCUT2D eigenvalue weighted by Gasteiger charge is -2.27. The Morgan fingerprint density at radius 1 is 1.13 bits per heavy atom. The molecule has 0 unspecified atom stereocenters. The van der Waals surface area contributed by atoms with Gasteiger partial charge in [0.15, 0.2) is 0 Å². The fourth-order valence-corrected chi connectivity index (χ4v) is 3.86. The number of aromatic amines is 1. The lowest BCUT2D eigenvalue weighted by atomic mass is 10.1. The molecule has 2 aromatic heterocycles. The first kappa shape index (κ1) is 20.5. The fraction of sp³-hybridized carbons (Fsp3) is 0.250. The highest BCUT2D eigenvalue weighted by Gasteiger charge is 2.28. The number of fused-ring (bicyclic) bond motifs is 2. The van der Waals surface area contributed by atoms with Crippen molar-refractivity contribution in [2.75, 3.05) is 0 Å². The van der Waals surface area contributed by atoms with E-state index in [2.05, 4.69) is 10.3 Å². The van der Waals surface area contributed by atoms with Crippen LogP contribution in [0.4, 0.5) is 4.79 Å². The van der Waals surface area contributed by atoms with Crippen molar-refractivity contribution in [1.82, 2.24) is 14.9 Å². The molecule has 0 aliphatic rings. The average molecular weight is 419 g/mol. The van der Waals surface area contributed by atoms with Crippen molar-refractivity contribution in [3.8, 4) is 0 Å². The van der Waals surface area contributed by atoms with Crippen LogP contribution in [0.15, 0.2) is 67.0 Å². The predicted molar refractivity (Wildman–Crippen MR) is 119 cm³/mol. The lowest BCUT2D eigenvalue weighted by Crippen LogP contribution is -2.46. The third kappa shape index (κ3) is 4.55. The van der Waals surface area contributed by atoms with Gasteiger partial charge in [0.25, 0.3) is 0 Å². The van der Waals surface area contributed by atoms with Gasteiger partial charge in [0, 0.05) is 35.2 Å². The van der Waals surface area contributed by atoms with Crippen molar-refractivity contribution in [2.24, 2.45) is 0 Å². The summed E-state index contributed by atoms with van der Waals surface area (Å²) in [5.41, 5.74) is 1.95. The summed E-state index contributed by atoms with van der Waals surface area (Å²) in [6.07, 6.45) is 3.12. The van der Waals surface area contributed by atoms with E-state index in [0.717, 1.165) is 27.4 Å². The molecule has 0 aliphatic heterocycles. The summed E-state index contributed by atoms with van der Waals surface area (Å²) in [5, 5.41) is 14.2. The number of alkyl carbamates (subject to hydrolysis) is 1. The number of ether oxygens (including phenoxy) is 1. The van der Waals surface area contributed by atoms with Crippen molar-refractivity contribution in [3.63, 3.8) is 0 Å². The Bertz CT molecular complexity index is 1240. The van der Waals surface area contributed by atoms with Crippen LogP contribution >= 0.6 is 0 Å². The van der Waals surface area contributed by atoms with E-state index in [1.54, 1.807) is 20.0 Å². The van der Waals surface area contributed by atoms with Gasteiger partial charge >= 0.3 is 12.1 Å². The van der Waals surface area contributed by atoms with Crippen LogP contribution in [0.5, 0.6) is 0 Å². The van der Waals surface area contributed by atoms with Gasteiger partial charge in [-0.2, -0.15) is 0 Å². The van der Waals surface area contributed by atoms with Crippen molar-refractivity contribution >= 4 is 33.9 Å². The number of carbonyl (C=O) groups excluding carboxylic acids is 1. The second-order valence-corrected chi connectivity index (χ2v) is 8.25. The van der Waals surface area contributed by atoms with Crippen LogP contribution in [-0.2, 0) is 22.5 Å². The van der Waals surface area contributed by atoms with Crippen LogP contribution in [0.3, 0.4) is 0 Å². The number of amides is 1. The van der Waals surface area contributed by atoms with Gasteiger partial charge in [0.1, 0.15) is 11.6 Å². The molecule has 4 aromatic rings. The topological polar surface area (TPSA) is 96.4 Å². The van der Waals surface area contributed by atoms with Crippen LogP contribution < -0.4 is 5.32 Å². The SMILES string of the molecule is CC(C)(Cn1ccc2ccccc21)OC(=O)N[C@@H](Cc1c[nH]c2ccccc12)C(=O)O. The van der Waals surface area contributed by atoms with E-state index in [-0.39, 0.29) is 6.42 Å². The second kappa shape index (κ2) is 8.18. The maximum absolute atomic E-state index is 12.5. The van der Waals surface area contributed by atoms with E-state index in [4.69, 9.17) is 4.74 Å². The molecule has 2 aromatic carbocycles. The molecule has 0 radical (unpaired) electrons. The number of rotatable bonds is 7. The lowest BCUT2D eigenvalue weighted by molar-refractivity contribution is -0.139. The first-order valence-electron chi connectivity index (χ1n) is 10.1. The summed E-state index contributed by atoms with van der Waals surface area (Å²) in [6, 6.07) is 16.5. The van der Waals surface area contributed by atoms with Crippen molar-refractivity contribution in [1.29, 1.82) is 0 Å². The molecule has 7 nitrogen and oxygen atoms in total. The van der Waals surface area contributed by atoms with E-state index in [0.29, 0.717) is 6.54 Å². The number of nitrogens with zero attached hydrogens (tertiary/aromatic N) is 1. The first-order valence-corrected chi connectivity index (χ1v) is 10.1. The quantitative estimate of drug-likeness (QED) is 0.416. The molecule has 31 heavy (non-hydrogen) atoms. The number of nitrogens with one attached hydrogen (secondary N) is 2. The Hall–Kier alpha value is -3.74. The van der Waals surface area contributed by atoms with E-state index >= 15 is 0 Å². The van der Waals surface area contributed by atoms with Gasteiger partial charge in [0.2, 0.25) is 0 Å². The number of hydrogen-bond acceptors (Lipinski definition) is 3. The zero-order valence-electron chi connectivity index (χ0n) is 17.5. The minimum atomic E-state index is -1.11. The number of aliphatic carboxylic acids is 1. The minimum absolute atomic E-state index is 0.150. The highest BCUT2D eigenvalue weighted by atomic mass is 16.6. The monoisotopic (exact) mass is 419 g/mol. The zero-order valence-corrected chi connectivity index (χ0v) is 17.5. The summed E-state index contributed by atoms with van der Waals surface area (Å²) in [6.45, 7) is 4.04. The van der Waals surface area contributed by atoms with Gasteiger partial charge in [-0.05, 0) is 43.0 Å². The molecule has 3 N–H and O–H groups in total. The number of benzene rings is 2. The Balaban J connectivity index is 1.43. The molecule has 0 fully saturated rings. The summed E-state index contributed by atoms with van der Waals surface area (Å²) < 4.78 is 7.62. The molecule has 160 valence electrons. The van der Waals surface area contributed by atoms with Gasteiger partial charge in [-0.25, -0.2) is 9.59 Å². The van der Waals surface area contributed by atoms with Gasteiger partial charge in [0.05, 0.1) is 6.54 Å². The van der Waals surface area contributed by atoms with E-state index in [1.807, 2.05) is 65.4 Å². The predicted octanol–water partition coefficient (Wildman–Crippen LogP) is 4.32. The zero-order chi connectivity index (χ0) is 22.0. The number of carboxylic acids is 1. The molecule has 1 amide bonds. The second-order valence-electron chi connectivity index (χ2n) is 8.25. The van der Waals surface area contributed by atoms with Gasteiger partial charge in [-0.15, -0.1) is 0 Å². The number of carboxylic acid groups (broad SMARTS) is 1. The minimum Gasteiger partial charge on any atom is -0.480 e. The van der Waals surface area contributed by atoms with Crippen molar-refractivity contribution < 1.29 is 19.4 Å². The maximum atomic E-state index is 12.5. The smallest absolute Gasteiger partial charge is 0.408 e. The highest BCUT2D eigenvalue weighted by Crippen LogP contribution is 2.21. The molecule has 0 saturated carbocycles. The first-order chi connectivity index (χ1) is 14.8. The number of aromatic nitrogens is 2. The van der Waals surface area contributed by atoms with Crippen LogP contribution in [-0.4, -0.2) is 38.4 Å². The fourth-order valence-electron chi connectivity index (χ4n) is 3.86. The Labute approximate surface area is 179 Å². The number of para-hydroxylation sites is 2. The van der Waals surface area contributed by atoms with Gasteiger partial charge < -0.3 is 24.7 Å². The molecule has 0 bridgehead atoms. The van der Waals surface area contributed by atoms with Crippen LogP contribution in [0.2, 0.25) is 0 Å². The molecular formula is C24H25N3O4. The number of H-pyrrole nitrogens is 1. The van der Waals surface area contributed by atoms with Gasteiger partial charge in [-0.3, -0.25) is 0 Å². The highest BCUT2D eigenvalue weighted by molar-refractivity contribution is 5.85. The molecular weight excluding hydrogens is 394 g/mol. The third-order valence-electron chi connectivity index (χ3n) is 5.29.